The molecule has 1 atom stereocenters. The molecule has 100 valence electrons. The summed E-state index contributed by atoms with van der Waals surface area (Å²) in [4.78, 5) is 12.2. The summed E-state index contributed by atoms with van der Waals surface area (Å²) in [6.45, 7) is 3.02. The van der Waals surface area contributed by atoms with Crippen molar-refractivity contribution in [1.82, 2.24) is 10.6 Å². The third-order valence-electron chi connectivity index (χ3n) is 3.68. The standard InChI is InChI=1S/C12H22N2OS.ClH/c1-12(6-2-3-7-13-12)11(15)14-10-4-8-16-9-5-10;/h10,13H,2-9H2,1H3,(H,14,15);1H. The van der Waals surface area contributed by atoms with Gasteiger partial charge in [0.05, 0.1) is 5.54 Å². The molecule has 0 bridgehead atoms. The maximum absolute atomic E-state index is 12.2. The van der Waals surface area contributed by atoms with Gasteiger partial charge in [0.2, 0.25) is 5.91 Å². The molecule has 2 heterocycles. The van der Waals surface area contributed by atoms with Crippen molar-refractivity contribution in [2.24, 2.45) is 0 Å². The zero-order valence-electron chi connectivity index (χ0n) is 10.5. The number of hydrogen-bond donors (Lipinski definition) is 2. The second-order valence-electron chi connectivity index (χ2n) is 5.08. The van der Waals surface area contributed by atoms with Gasteiger partial charge in [-0.3, -0.25) is 4.79 Å². The molecule has 2 N–H and O–H groups in total. The number of amides is 1. The molecular formula is C12H23ClN2OS. The van der Waals surface area contributed by atoms with Crippen LogP contribution in [0.2, 0.25) is 0 Å². The van der Waals surface area contributed by atoms with Gasteiger partial charge in [0.15, 0.2) is 0 Å². The predicted octanol–water partition coefficient (Wildman–Crippen LogP) is 1.95. The van der Waals surface area contributed by atoms with Crippen molar-refractivity contribution in [3.8, 4) is 0 Å². The predicted molar refractivity (Wildman–Crippen MR) is 76.0 cm³/mol. The van der Waals surface area contributed by atoms with Crippen molar-refractivity contribution in [2.75, 3.05) is 18.1 Å². The van der Waals surface area contributed by atoms with E-state index in [-0.39, 0.29) is 23.9 Å². The molecule has 0 aromatic carbocycles. The number of carbonyl (C=O) groups excluding carboxylic acids is 1. The Bertz CT molecular complexity index is 251. The fourth-order valence-electron chi connectivity index (χ4n) is 2.44. The van der Waals surface area contributed by atoms with E-state index in [9.17, 15) is 4.79 Å². The summed E-state index contributed by atoms with van der Waals surface area (Å²) in [5.74, 6) is 2.59. The van der Waals surface area contributed by atoms with Crippen LogP contribution in [0, 0.1) is 0 Å². The molecule has 1 amide bonds. The van der Waals surface area contributed by atoms with Crippen molar-refractivity contribution in [3.05, 3.63) is 0 Å². The number of hydrogen-bond acceptors (Lipinski definition) is 3. The Morgan fingerprint density at radius 3 is 2.65 bits per heavy atom. The monoisotopic (exact) mass is 278 g/mol. The number of carbonyl (C=O) groups is 1. The summed E-state index contributed by atoms with van der Waals surface area (Å²) in [6, 6.07) is 0.411. The van der Waals surface area contributed by atoms with E-state index in [1.807, 2.05) is 18.7 Å². The van der Waals surface area contributed by atoms with Crippen LogP contribution in [-0.4, -0.2) is 35.5 Å². The molecule has 3 nitrogen and oxygen atoms in total. The lowest BCUT2D eigenvalue weighted by atomic mass is 9.89. The van der Waals surface area contributed by atoms with E-state index < -0.39 is 0 Å². The van der Waals surface area contributed by atoms with Crippen molar-refractivity contribution >= 4 is 30.1 Å². The van der Waals surface area contributed by atoms with Crippen LogP contribution in [-0.2, 0) is 4.79 Å². The molecule has 2 aliphatic rings. The van der Waals surface area contributed by atoms with Crippen LogP contribution < -0.4 is 10.6 Å². The van der Waals surface area contributed by atoms with Crippen LogP contribution in [0.15, 0.2) is 0 Å². The van der Waals surface area contributed by atoms with E-state index in [1.165, 1.54) is 17.9 Å². The number of piperidine rings is 1. The zero-order chi connectivity index (χ0) is 11.4. The van der Waals surface area contributed by atoms with Crippen LogP contribution >= 0.6 is 24.2 Å². The molecule has 0 aromatic heterocycles. The fraction of sp³-hybridized carbons (Fsp3) is 0.917. The summed E-state index contributed by atoms with van der Waals surface area (Å²) in [7, 11) is 0. The maximum Gasteiger partial charge on any atom is 0.240 e. The number of halogens is 1. The number of rotatable bonds is 2. The number of nitrogens with one attached hydrogen (secondary N) is 2. The third-order valence-corrected chi connectivity index (χ3v) is 4.73. The van der Waals surface area contributed by atoms with Gasteiger partial charge in [-0.1, -0.05) is 0 Å². The second-order valence-corrected chi connectivity index (χ2v) is 6.30. The maximum atomic E-state index is 12.2. The van der Waals surface area contributed by atoms with Crippen LogP contribution in [0.3, 0.4) is 0 Å². The summed E-state index contributed by atoms with van der Waals surface area (Å²) in [6.07, 6.45) is 5.60. The van der Waals surface area contributed by atoms with Gasteiger partial charge >= 0.3 is 0 Å². The number of thioether (sulfide) groups is 1. The molecule has 0 saturated carbocycles. The van der Waals surface area contributed by atoms with E-state index >= 15 is 0 Å². The normalized spacial score (nSPS) is 30.4. The Hall–Kier alpha value is 0.0700. The van der Waals surface area contributed by atoms with Crippen LogP contribution in [0.1, 0.15) is 39.0 Å². The molecule has 0 aliphatic carbocycles. The lowest BCUT2D eigenvalue weighted by molar-refractivity contribution is -0.128. The first-order valence-corrected chi connectivity index (χ1v) is 7.50. The van der Waals surface area contributed by atoms with E-state index in [1.54, 1.807) is 0 Å². The van der Waals surface area contributed by atoms with Crippen molar-refractivity contribution in [2.45, 2.75) is 50.6 Å². The highest BCUT2D eigenvalue weighted by Crippen LogP contribution is 2.21. The summed E-state index contributed by atoms with van der Waals surface area (Å²) in [5.41, 5.74) is -0.317. The second kappa shape index (κ2) is 6.86. The fourth-order valence-corrected chi connectivity index (χ4v) is 3.54. The van der Waals surface area contributed by atoms with E-state index in [2.05, 4.69) is 10.6 Å². The highest BCUT2D eigenvalue weighted by Gasteiger charge is 2.35. The quantitative estimate of drug-likeness (QED) is 0.811. The molecule has 2 rings (SSSR count). The molecule has 5 heteroatoms. The molecule has 1 unspecified atom stereocenters. The summed E-state index contributed by atoms with van der Waals surface area (Å²) < 4.78 is 0. The summed E-state index contributed by atoms with van der Waals surface area (Å²) in [5, 5.41) is 6.58. The highest BCUT2D eigenvalue weighted by atomic mass is 35.5. The van der Waals surface area contributed by atoms with Crippen molar-refractivity contribution in [3.63, 3.8) is 0 Å². The zero-order valence-corrected chi connectivity index (χ0v) is 12.1. The average Bonchev–Trinajstić information content (AvgIpc) is 2.31. The van der Waals surface area contributed by atoms with Gasteiger partial charge in [0.25, 0.3) is 0 Å². The third kappa shape index (κ3) is 4.04. The first-order chi connectivity index (χ1) is 7.71. The Morgan fingerprint density at radius 2 is 2.06 bits per heavy atom. The molecule has 2 fully saturated rings. The van der Waals surface area contributed by atoms with Crippen molar-refractivity contribution < 1.29 is 4.79 Å². The minimum Gasteiger partial charge on any atom is -0.352 e. The van der Waals surface area contributed by atoms with E-state index in [4.69, 9.17) is 0 Å². The first kappa shape index (κ1) is 15.1. The molecule has 17 heavy (non-hydrogen) atoms. The molecule has 0 spiro atoms. The topological polar surface area (TPSA) is 41.1 Å². The SMILES string of the molecule is CC1(C(=O)NC2CCSCC2)CCCCN1.Cl. The molecule has 2 aliphatic heterocycles. The van der Waals surface area contributed by atoms with E-state index in [0.29, 0.717) is 6.04 Å². The molecular weight excluding hydrogens is 256 g/mol. The minimum absolute atomic E-state index is 0. The molecule has 2 saturated heterocycles. The average molecular weight is 279 g/mol. The van der Waals surface area contributed by atoms with Gasteiger partial charge in [-0.25, -0.2) is 0 Å². The lowest BCUT2D eigenvalue weighted by Crippen LogP contribution is -2.58. The molecule has 0 radical (unpaired) electrons. The minimum atomic E-state index is -0.317. The Balaban J connectivity index is 0.00000144. The van der Waals surface area contributed by atoms with Crippen LogP contribution in [0.25, 0.3) is 0 Å². The molecule has 0 aromatic rings. The Morgan fingerprint density at radius 1 is 1.35 bits per heavy atom. The summed E-state index contributed by atoms with van der Waals surface area (Å²) >= 11 is 1.99. The van der Waals surface area contributed by atoms with Crippen molar-refractivity contribution in [1.29, 1.82) is 0 Å². The van der Waals surface area contributed by atoms with Gasteiger partial charge in [0, 0.05) is 6.04 Å². The highest BCUT2D eigenvalue weighted by molar-refractivity contribution is 7.99. The smallest absolute Gasteiger partial charge is 0.240 e. The Kier molecular flexibility index (Phi) is 6.10. The van der Waals surface area contributed by atoms with E-state index in [0.717, 1.165) is 32.2 Å². The van der Waals surface area contributed by atoms with Crippen LogP contribution in [0.5, 0.6) is 0 Å². The van der Waals surface area contributed by atoms with Gasteiger partial charge in [0.1, 0.15) is 0 Å². The van der Waals surface area contributed by atoms with Crippen LogP contribution in [0.4, 0.5) is 0 Å². The van der Waals surface area contributed by atoms with Gasteiger partial charge in [-0.15, -0.1) is 12.4 Å². The first-order valence-electron chi connectivity index (χ1n) is 6.34. The van der Waals surface area contributed by atoms with Gasteiger partial charge < -0.3 is 10.6 Å². The Labute approximate surface area is 114 Å². The van der Waals surface area contributed by atoms with Gasteiger partial charge in [-0.2, -0.15) is 11.8 Å². The largest absolute Gasteiger partial charge is 0.352 e. The van der Waals surface area contributed by atoms with Gasteiger partial charge in [-0.05, 0) is 57.1 Å². The lowest BCUT2D eigenvalue weighted by Gasteiger charge is -2.35.